The van der Waals surface area contributed by atoms with Crippen LogP contribution in [-0.4, -0.2) is 17.0 Å². The highest BCUT2D eigenvalue weighted by atomic mass is 16.4. The second-order valence-corrected chi connectivity index (χ2v) is 4.88. The number of aryl methyl sites for hydroxylation is 1. The van der Waals surface area contributed by atoms with Crippen LogP contribution in [0.3, 0.4) is 0 Å². The summed E-state index contributed by atoms with van der Waals surface area (Å²) in [7, 11) is 0. The largest absolute Gasteiger partial charge is 0.481 e. The van der Waals surface area contributed by atoms with Crippen molar-refractivity contribution >= 4 is 17.6 Å². The van der Waals surface area contributed by atoms with Gasteiger partial charge in [-0.05, 0) is 31.9 Å². The molecule has 1 aromatic carbocycles. The van der Waals surface area contributed by atoms with Crippen LogP contribution in [-0.2, 0) is 9.59 Å². The van der Waals surface area contributed by atoms with Crippen LogP contribution in [0.2, 0.25) is 0 Å². The summed E-state index contributed by atoms with van der Waals surface area (Å²) in [5.41, 5.74) is 0.844. The zero-order valence-electron chi connectivity index (χ0n) is 11.7. The summed E-state index contributed by atoms with van der Waals surface area (Å²) in [6.45, 7) is 5.57. The van der Waals surface area contributed by atoms with E-state index in [-0.39, 0.29) is 12.3 Å². The van der Waals surface area contributed by atoms with Crippen LogP contribution in [0.15, 0.2) is 24.3 Å². The first kappa shape index (κ1) is 15.2. The lowest BCUT2D eigenvalue weighted by Gasteiger charge is -2.25. The molecule has 1 aromatic rings. The van der Waals surface area contributed by atoms with Crippen molar-refractivity contribution in [2.45, 2.75) is 40.0 Å². The van der Waals surface area contributed by atoms with Gasteiger partial charge in [0.15, 0.2) is 0 Å². The number of rotatable bonds is 6. The monoisotopic (exact) mass is 263 g/mol. The molecule has 1 amide bonds. The fourth-order valence-corrected chi connectivity index (χ4v) is 2.03. The molecule has 4 heteroatoms. The summed E-state index contributed by atoms with van der Waals surface area (Å²) < 4.78 is 0. The number of carbonyl (C=O) groups is 2. The van der Waals surface area contributed by atoms with Gasteiger partial charge in [-0.3, -0.25) is 9.59 Å². The first-order chi connectivity index (χ1) is 8.93. The minimum Gasteiger partial charge on any atom is -0.481 e. The number of carbonyl (C=O) groups excluding carboxylic acids is 1. The predicted molar refractivity (Wildman–Crippen MR) is 75.1 cm³/mol. The molecule has 0 heterocycles. The molecule has 0 atom stereocenters. The number of anilines is 1. The molecule has 0 fully saturated rings. The zero-order chi connectivity index (χ0) is 14.5. The Bertz CT molecular complexity index is 447. The van der Waals surface area contributed by atoms with E-state index >= 15 is 0 Å². The topological polar surface area (TPSA) is 66.4 Å². The van der Waals surface area contributed by atoms with Crippen LogP contribution in [0.4, 0.5) is 5.69 Å². The van der Waals surface area contributed by atoms with Gasteiger partial charge in [0.2, 0.25) is 5.91 Å². The molecule has 0 unspecified atom stereocenters. The summed E-state index contributed by atoms with van der Waals surface area (Å²) >= 11 is 0. The normalized spacial score (nSPS) is 11.1. The van der Waals surface area contributed by atoms with Crippen LogP contribution >= 0.6 is 0 Å². The fraction of sp³-hybridized carbons (Fsp3) is 0.467. The Balaban J connectivity index is 2.73. The Kier molecular flexibility index (Phi) is 5.10. The third-order valence-electron chi connectivity index (χ3n) is 3.64. The second-order valence-electron chi connectivity index (χ2n) is 4.88. The van der Waals surface area contributed by atoms with Gasteiger partial charge in [-0.2, -0.15) is 0 Å². The lowest BCUT2D eigenvalue weighted by molar-refractivity contribution is -0.151. The predicted octanol–water partition coefficient (Wildman–Crippen LogP) is 3.21. The maximum Gasteiger partial charge on any atom is 0.310 e. The molecule has 104 valence electrons. The third-order valence-corrected chi connectivity index (χ3v) is 3.64. The fourth-order valence-electron chi connectivity index (χ4n) is 2.03. The van der Waals surface area contributed by atoms with Gasteiger partial charge in [0, 0.05) is 12.1 Å². The van der Waals surface area contributed by atoms with Gasteiger partial charge in [0.05, 0.1) is 5.41 Å². The summed E-state index contributed by atoms with van der Waals surface area (Å²) in [5.74, 6) is -1.16. The number of nitrogens with one attached hydrogen (secondary N) is 1. The molecule has 0 aromatic heterocycles. The Morgan fingerprint density at radius 3 is 2.11 bits per heavy atom. The minimum absolute atomic E-state index is 0.00318. The van der Waals surface area contributed by atoms with E-state index in [2.05, 4.69) is 5.32 Å². The molecule has 0 radical (unpaired) electrons. The van der Waals surface area contributed by atoms with Gasteiger partial charge in [0.25, 0.3) is 0 Å². The van der Waals surface area contributed by atoms with Crippen LogP contribution in [0.5, 0.6) is 0 Å². The highest BCUT2D eigenvalue weighted by molar-refractivity contribution is 5.94. The lowest BCUT2D eigenvalue weighted by Crippen LogP contribution is -2.34. The van der Waals surface area contributed by atoms with E-state index in [9.17, 15) is 14.7 Å². The molecule has 0 saturated heterocycles. The van der Waals surface area contributed by atoms with E-state index < -0.39 is 11.4 Å². The number of benzene rings is 1. The summed E-state index contributed by atoms with van der Waals surface area (Å²) in [6, 6.07) is 7.43. The maximum absolute atomic E-state index is 12.0. The van der Waals surface area contributed by atoms with Crippen molar-refractivity contribution in [2.24, 2.45) is 5.41 Å². The van der Waals surface area contributed by atoms with E-state index in [1.165, 1.54) is 0 Å². The second kappa shape index (κ2) is 6.36. The molecule has 0 spiro atoms. The number of hydrogen-bond donors (Lipinski definition) is 2. The van der Waals surface area contributed by atoms with Crippen LogP contribution < -0.4 is 5.32 Å². The van der Waals surface area contributed by atoms with Gasteiger partial charge in [-0.15, -0.1) is 0 Å². The van der Waals surface area contributed by atoms with E-state index in [0.29, 0.717) is 18.5 Å². The van der Waals surface area contributed by atoms with E-state index in [0.717, 1.165) is 5.56 Å². The van der Waals surface area contributed by atoms with Crippen molar-refractivity contribution in [3.05, 3.63) is 29.8 Å². The Morgan fingerprint density at radius 2 is 1.68 bits per heavy atom. The Hall–Kier alpha value is -1.84. The van der Waals surface area contributed by atoms with Crippen molar-refractivity contribution in [3.8, 4) is 0 Å². The number of aliphatic carboxylic acids is 1. The molecule has 2 N–H and O–H groups in total. The average Bonchev–Trinajstić information content (AvgIpc) is 2.38. The van der Waals surface area contributed by atoms with Gasteiger partial charge in [0.1, 0.15) is 0 Å². The Labute approximate surface area is 113 Å². The van der Waals surface area contributed by atoms with Crippen molar-refractivity contribution in [2.75, 3.05) is 5.32 Å². The zero-order valence-corrected chi connectivity index (χ0v) is 11.7. The highest BCUT2D eigenvalue weighted by Crippen LogP contribution is 2.31. The molecule has 0 aliphatic carbocycles. The quantitative estimate of drug-likeness (QED) is 0.828. The van der Waals surface area contributed by atoms with Crippen LogP contribution in [0.1, 0.15) is 38.7 Å². The van der Waals surface area contributed by atoms with Crippen molar-refractivity contribution in [1.82, 2.24) is 0 Å². The van der Waals surface area contributed by atoms with E-state index in [1.54, 1.807) is 13.8 Å². The van der Waals surface area contributed by atoms with Crippen LogP contribution in [0, 0.1) is 12.3 Å². The highest BCUT2D eigenvalue weighted by Gasteiger charge is 2.37. The van der Waals surface area contributed by atoms with Crippen molar-refractivity contribution in [3.63, 3.8) is 0 Å². The summed E-state index contributed by atoms with van der Waals surface area (Å²) in [4.78, 5) is 23.3. The van der Waals surface area contributed by atoms with E-state index in [4.69, 9.17) is 0 Å². The average molecular weight is 263 g/mol. The molecular weight excluding hydrogens is 242 g/mol. The number of hydrogen-bond acceptors (Lipinski definition) is 2. The SMILES string of the molecule is CCC(CC)(CC(=O)Nc1ccc(C)cc1)C(=O)O. The Morgan fingerprint density at radius 1 is 1.16 bits per heavy atom. The van der Waals surface area contributed by atoms with Crippen LogP contribution in [0.25, 0.3) is 0 Å². The first-order valence-electron chi connectivity index (χ1n) is 6.53. The molecule has 0 bridgehead atoms. The van der Waals surface area contributed by atoms with Gasteiger partial charge >= 0.3 is 5.97 Å². The molecule has 0 aliphatic heterocycles. The maximum atomic E-state index is 12.0. The van der Waals surface area contributed by atoms with E-state index in [1.807, 2.05) is 31.2 Å². The molecule has 19 heavy (non-hydrogen) atoms. The molecular formula is C15H21NO3. The van der Waals surface area contributed by atoms with Crippen molar-refractivity contribution in [1.29, 1.82) is 0 Å². The van der Waals surface area contributed by atoms with Gasteiger partial charge < -0.3 is 10.4 Å². The summed E-state index contributed by atoms with van der Waals surface area (Å²) in [6.07, 6.45) is 0.892. The standard InChI is InChI=1S/C15H21NO3/c1-4-15(5-2,14(18)19)10-13(17)16-12-8-6-11(3)7-9-12/h6-9H,4-5,10H2,1-3H3,(H,16,17)(H,18,19). The number of carboxylic acid groups (broad SMARTS) is 1. The minimum atomic E-state index is -0.964. The number of carboxylic acids is 1. The first-order valence-corrected chi connectivity index (χ1v) is 6.53. The summed E-state index contributed by atoms with van der Waals surface area (Å²) in [5, 5.41) is 12.0. The molecule has 0 aliphatic rings. The third kappa shape index (κ3) is 3.81. The van der Waals surface area contributed by atoms with Gasteiger partial charge in [-0.25, -0.2) is 0 Å². The number of amides is 1. The molecule has 0 saturated carbocycles. The van der Waals surface area contributed by atoms with Crippen molar-refractivity contribution < 1.29 is 14.7 Å². The lowest BCUT2D eigenvalue weighted by atomic mass is 9.79. The van der Waals surface area contributed by atoms with Gasteiger partial charge in [-0.1, -0.05) is 31.5 Å². The molecule has 1 rings (SSSR count). The smallest absolute Gasteiger partial charge is 0.310 e. The molecule has 4 nitrogen and oxygen atoms in total.